The van der Waals surface area contributed by atoms with Gasteiger partial charge in [0.15, 0.2) is 5.78 Å². The molecule has 31 heavy (non-hydrogen) atoms. The third-order valence-electron chi connectivity index (χ3n) is 5.88. The maximum atomic E-state index is 12.7. The summed E-state index contributed by atoms with van der Waals surface area (Å²) in [5.41, 5.74) is 9.06. The lowest BCUT2D eigenvalue weighted by Crippen LogP contribution is -2.47. The van der Waals surface area contributed by atoms with Gasteiger partial charge in [0.25, 0.3) is 0 Å². The van der Waals surface area contributed by atoms with Gasteiger partial charge in [0.05, 0.1) is 18.6 Å². The molecule has 0 saturated carbocycles. The van der Waals surface area contributed by atoms with Crippen LogP contribution >= 0.6 is 0 Å². The monoisotopic (exact) mass is 415 g/mol. The molecule has 4 rings (SSSR count). The van der Waals surface area contributed by atoms with E-state index in [1.807, 2.05) is 24.3 Å². The van der Waals surface area contributed by atoms with Gasteiger partial charge in [0.1, 0.15) is 0 Å². The maximum absolute atomic E-state index is 12.7. The van der Waals surface area contributed by atoms with E-state index in [4.69, 9.17) is 5.73 Å². The Kier molecular flexibility index (Phi) is 6.44. The summed E-state index contributed by atoms with van der Waals surface area (Å²) in [5, 5.41) is 5.61. The van der Waals surface area contributed by atoms with Crippen molar-refractivity contribution in [3.05, 3.63) is 72.3 Å². The van der Waals surface area contributed by atoms with E-state index in [9.17, 15) is 9.59 Å². The number of benzene rings is 3. The second-order valence-corrected chi connectivity index (χ2v) is 8.36. The first-order valence-corrected chi connectivity index (χ1v) is 10.9. The summed E-state index contributed by atoms with van der Waals surface area (Å²) in [5.74, 6) is -0.153. The van der Waals surface area contributed by atoms with Crippen molar-refractivity contribution in [2.45, 2.75) is 38.4 Å². The fourth-order valence-corrected chi connectivity index (χ4v) is 4.20. The van der Waals surface area contributed by atoms with Gasteiger partial charge >= 0.3 is 0 Å². The average molecular weight is 416 g/mol. The van der Waals surface area contributed by atoms with Gasteiger partial charge in [-0.2, -0.15) is 0 Å². The molecule has 2 atom stereocenters. The molecule has 0 aromatic heterocycles. The van der Waals surface area contributed by atoms with Gasteiger partial charge in [-0.15, -0.1) is 0 Å². The highest BCUT2D eigenvalue weighted by atomic mass is 16.2. The van der Waals surface area contributed by atoms with Crippen LogP contribution in [0, 0.1) is 0 Å². The number of carbonyl (C=O) groups is 2. The minimum atomic E-state index is -0.645. The first-order chi connectivity index (χ1) is 15.0. The SMILES string of the molecule is CC(N)C(=O)N(CC(=O)C1CCCN1)Cc1cccc(-c2ccc3ccccc3c2)c1. The third kappa shape index (κ3) is 5.01. The van der Waals surface area contributed by atoms with E-state index in [1.54, 1.807) is 11.8 Å². The van der Waals surface area contributed by atoms with E-state index in [0.717, 1.165) is 36.1 Å². The second kappa shape index (κ2) is 9.41. The Labute approximate surface area is 183 Å². The number of hydrogen-bond donors (Lipinski definition) is 2. The van der Waals surface area contributed by atoms with Crippen LogP contribution in [0.3, 0.4) is 0 Å². The quantitative estimate of drug-likeness (QED) is 0.619. The van der Waals surface area contributed by atoms with Crippen LogP contribution < -0.4 is 11.1 Å². The Balaban J connectivity index is 1.56. The first-order valence-electron chi connectivity index (χ1n) is 10.9. The van der Waals surface area contributed by atoms with E-state index >= 15 is 0 Å². The number of nitrogens with one attached hydrogen (secondary N) is 1. The van der Waals surface area contributed by atoms with Crippen LogP contribution in [-0.4, -0.2) is 41.8 Å². The van der Waals surface area contributed by atoms with Crippen LogP contribution in [0.5, 0.6) is 0 Å². The topological polar surface area (TPSA) is 75.4 Å². The minimum Gasteiger partial charge on any atom is -0.330 e. The highest BCUT2D eigenvalue weighted by molar-refractivity contribution is 5.91. The first kappa shape index (κ1) is 21.2. The Hall–Kier alpha value is -3.02. The summed E-state index contributed by atoms with van der Waals surface area (Å²) < 4.78 is 0. The van der Waals surface area contributed by atoms with Crippen molar-refractivity contribution in [1.82, 2.24) is 10.2 Å². The summed E-state index contributed by atoms with van der Waals surface area (Å²) in [6.45, 7) is 2.96. The minimum absolute atomic E-state index is 0.0529. The summed E-state index contributed by atoms with van der Waals surface area (Å²) in [6, 6.07) is 22.0. The lowest BCUT2D eigenvalue weighted by atomic mass is 9.99. The highest BCUT2D eigenvalue weighted by Crippen LogP contribution is 2.25. The van der Waals surface area contributed by atoms with Crippen LogP contribution in [0.2, 0.25) is 0 Å². The van der Waals surface area contributed by atoms with E-state index in [0.29, 0.717) is 6.54 Å². The number of fused-ring (bicyclic) bond motifs is 1. The van der Waals surface area contributed by atoms with Crippen molar-refractivity contribution >= 4 is 22.5 Å². The number of nitrogens with zero attached hydrogens (tertiary/aromatic N) is 1. The maximum Gasteiger partial charge on any atom is 0.239 e. The number of ketones is 1. The molecule has 1 fully saturated rings. The van der Waals surface area contributed by atoms with Crippen molar-refractivity contribution in [2.24, 2.45) is 5.73 Å². The molecule has 1 amide bonds. The number of rotatable bonds is 7. The van der Waals surface area contributed by atoms with E-state index in [2.05, 4.69) is 47.8 Å². The molecule has 3 aromatic carbocycles. The molecule has 0 aliphatic carbocycles. The zero-order valence-corrected chi connectivity index (χ0v) is 17.9. The molecule has 1 saturated heterocycles. The summed E-state index contributed by atoms with van der Waals surface area (Å²) >= 11 is 0. The molecule has 0 bridgehead atoms. The van der Waals surface area contributed by atoms with Crippen LogP contribution in [-0.2, 0) is 16.1 Å². The fourth-order valence-electron chi connectivity index (χ4n) is 4.20. The van der Waals surface area contributed by atoms with Gasteiger partial charge < -0.3 is 16.0 Å². The van der Waals surface area contributed by atoms with E-state index < -0.39 is 6.04 Å². The largest absolute Gasteiger partial charge is 0.330 e. The molecule has 0 radical (unpaired) electrons. The average Bonchev–Trinajstić information content (AvgIpc) is 3.33. The van der Waals surface area contributed by atoms with Gasteiger partial charge in [-0.05, 0) is 65.9 Å². The third-order valence-corrected chi connectivity index (χ3v) is 5.88. The number of carbonyl (C=O) groups excluding carboxylic acids is 2. The lowest BCUT2D eigenvalue weighted by Gasteiger charge is -2.25. The Morgan fingerprint density at radius 1 is 1.03 bits per heavy atom. The number of nitrogens with two attached hydrogens (primary N) is 1. The Morgan fingerprint density at radius 2 is 1.81 bits per heavy atom. The van der Waals surface area contributed by atoms with Crippen LogP contribution in [0.25, 0.3) is 21.9 Å². The Morgan fingerprint density at radius 3 is 2.55 bits per heavy atom. The lowest BCUT2D eigenvalue weighted by molar-refractivity contribution is -0.137. The van der Waals surface area contributed by atoms with Crippen LogP contribution in [0.1, 0.15) is 25.3 Å². The highest BCUT2D eigenvalue weighted by Gasteiger charge is 2.27. The zero-order chi connectivity index (χ0) is 21.8. The van der Waals surface area contributed by atoms with Gasteiger partial charge in [-0.3, -0.25) is 9.59 Å². The summed E-state index contributed by atoms with van der Waals surface area (Å²) in [6.07, 6.45) is 1.82. The summed E-state index contributed by atoms with van der Waals surface area (Å²) in [7, 11) is 0. The molecule has 2 unspecified atom stereocenters. The molecule has 0 spiro atoms. The van der Waals surface area contributed by atoms with Crippen molar-refractivity contribution < 1.29 is 9.59 Å². The van der Waals surface area contributed by atoms with Gasteiger partial charge in [-0.1, -0.05) is 54.6 Å². The van der Waals surface area contributed by atoms with Crippen molar-refractivity contribution in [2.75, 3.05) is 13.1 Å². The number of hydrogen-bond acceptors (Lipinski definition) is 4. The van der Waals surface area contributed by atoms with Gasteiger partial charge in [0.2, 0.25) is 5.91 Å². The van der Waals surface area contributed by atoms with Crippen LogP contribution in [0.15, 0.2) is 66.7 Å². The predicted molar refractivity (Wildman–Crippen MR) is 124 cm³/mol. The number of amides is 1. The molecular weight excluding hydrogens is 386 g/mol. The molecule has 1 aliphatic heterocycles. The fraction of sp³-hybridized carbons (Fsp3) is 0.308. The van der Waals surface area contributed by atoms with Gasteiger partial charge in [-0.25, -0.2) is 0 Å². The molecule has 1 aliphatic rings. The van der Waals surface area contributed by atoms with Gasteiger partial charge in [0, 0.05) is 6.54 Å². The van der Waals surface area contributed by atoms with Crippen LogP contribution in [0.4, 0.5) is 0 Å². The second-order valence-electron chi connectivity index (χ2n) is 8.36. The van der Waals surface area contributed by atoms with E-state index in [1.165, 1.54) is 10.8 Å². The number of Topliss-reactive ketones (excluding diaryl/α,β-unsaturated/α-hetero) is 1. The summed E-state index contributed by atoms with van der Waals surface area (Å²) in [4.78, 5) is 27.0. The molecule has 160 valence electrons. The molecule has 3 N–H and O–H groups in total. The van der Waals surface area contributed by atoms with E-state index in [-0.39, 0.29) is 24.3 Å². The Bertz CT molecular complexity index is 1090. The normalized spacial score (nSPS) is 16.9. The molecule has 3 aromatic rings. The van der Waals surface area contributed by atoms with Crippen molar-refractivity contribution in [1.29, 1.82) is 0 Å². The zero-order valence-electron chi connectivity index (χ0n) is 17.9. The predicted octanol–water partition coefficient (Wildman–Crippen LogP) is 3.50. The standard InChI is InChI=1S/C26H29N3O2/c1-18(27)26(31)29(17-25(30)24-10-5-13-28-24)16-19-6-4-9-21(14-19)23-12-11-20-7-2-3-8-22(20)15-23/h2-4,6-9,11-12,14-15,18,24,28H,5,10,13,16-17,27H2,1H3. The molecule has 5 nitrogen and oxygen atoms in total. The molecule has 1 heterocycles. The molecular formula is C26H29N3O2. The van der Waals surface area contributed by atoms with Crippen molar-refractivity contribution in [3.8, 4) is 11.1 Å². The van der Waals surface area contributed by atoms with Crippen molar-refractivity contribution in [3.63, 3.8) is 0 Å². The molecule has 5 heteroatoms. The smallest absolute Gasteiger partial charge is 0.239 e.